The average molecular weight is 287 g/mol. The Morgan fingerprint density at radius 3 is 2.74 bits per heavy atom. The summed E-state index contributed by atoms with van der Waals surface area (Å²) in [5, 5.41) is 12.0. The van der Waals surface area contributed by atoms with E-state index in [9.17, 15) is 13.2 Å². The summed E-state index contributed by atoms with van der Waals surface area (Å²) < 4.78 is 28.1. The largest absolute Gasteiger partial charge is 0.475 e. The molecule has 19 heavy (non-hydrogen) atoms. The molecule has 0 aliphatic carbocycles. The molecule has 1 fully saturated rings. The fourth-order valence-electron chi connectivity index (χ4n) is 2.30. The van der Waals surface area contributed by atoms with Gasteiger partial charge in [0.15, 0.2) is 9.84 Å². The van der Waals surface area contributed by atoms with Crippen molar-refractivity contribution in [3.63, 3.8) is 0 Å². The van der Waals surface area contributed by atoms with Crippen LogP contribution in [0.2, 0.25) is 0 Å². The molecule has 2 rings (SSSR count). The highest BCUT2D eigenvalue weighted by Gasteiger charge is 2.38. The van der Waals surface area contributed by atoms with E-state index < -0.39 is 21.3 Å². The first-order valence-corrected chi connectivity index (χ1v) is 7.81. The zero-order valence-corrected chi connectivity index (χ0v) is 11.7. The van der Waals surface area contributed by atoms with Crippen LogP contribution in [-0.2, 0) is 16.4 Å². The van der Waals surface area contributed by atoms with Crippen LogP contribution >= 0.6 is 0 Å². The molecule has 0 radical (unpaired) electrons. The summed E-state index contributed by atoms with van der Waals surface area (Å²) >= 11 is 0. The Morgan fingerprint density at radius 2 is 2.26 bits per heavy atom. The maximum atomic E-state index is 11.5. The van der Waals surface area contributed by atoms with E-state index in [4.69, 9.17) is 9.52 Å². The predicted molar refractivity (Wildman–Crippen MR) is 68.9 cm³/mol. The highest BCUT2D eigenvalue weighted by atomic mass is 32.2. The van der Waals surface area contributed by atoms with Crippen LogP contribution in [0.5, 0.6) is 0 Å². The zero-order chi connectivity index (χ0) is 14.3. The van der Waals surface area contributed by atoms with E-state index in [-0.39, 0.29) is 17.3 Å². The lowest BCUT2D eigenvalue weighted by Crippen LogP contribution is -2.42. The Hall–Kier alpha value is -1.34. The smallest absolute Gasteiger partial charge is 0.372 e. The second-order valence-electron chi connectivity index (χ2n) is 5.29. The van der Waals surface area contributed by atoms with Crippen LogP contribution in [0.1, 0.15) is 35.2 Å². The summed E-state index contributed by atoms with van der Waals surface area (Å²) in [6.07, 6.45) is 0.556. The molecular formula is C12H17NO5S. The highest BCUT2D eigenvalue weighted by Crippen LogP contribution is 2.24. The quantitative estimate of drug-likeness (QED) is 0.856. The summed E-state index contributed by atoms with van der Waals surface area (Å²) in [6, 6.07) is 1.66. The molecule has 1 atom stereocenters. The molecule has 1 aromatic heterocycles. The number of aromatic carboxylic acids is 1. The van der Waals surface area contributed by atoms with E-state index in [0.29, 0.717) is 24.3 Å². The number of hydrogen-bond donors (Lipinski definition) is 2. The molecule has 0 amide bonds. The minimum absolute atomic E-state index is 0.0685. The first-order valence-electron chi connectivity index (χ1n) is 5.99. The van der Waals surface area contributed by atoms with Gasteiger partial charge in [-0.2, -0.15) is 0 Å². The van der Waals surface area contributed by atoms with Crippen molar-refractivity contribution in [1.82, 2.24) is 5.32 Å². The summed E-state index contributed by atoms with van der Waals surface area (Å²) in [5.41, 5.74) is 0.0941. The number of hydrogen-bond acceptors (Lipinski definition) is 5. The number of furan rings is 1. The average Bonchev–Trinajstić information content (AvgIpc) is 2.77. The van der Waals surface area contributed by atoms with Gasteiger partial charge in [-0.15, -0.1) is 0 Å². The van der Waals surface area contributed by atoms with Crippen LogP contribution in [0.4, 0.5) is 0 Å². The molecule has 0 bridgehead atoms. The number of nitrogens with one attached hydrogen (secondary N) is 1. The van der Waals surface area contributed by atoms with Crippen molar-refractivity contribution >= 4 is 15.8 Å². The normalized spacial score (nSPS) is 25.6. The Bertz CT molecular complexity index is 604. The van der Waals surface area contributed by atoms with Crippen molar-refractivity contribution in [3.05, 3.63) is 23.2 Å². The highest BCUT2D eigenvalue weighted by molar-refractivity contribution is 7.91. The minimum Gasteiger partial charge on any atom is -0.475 e. The third kappa shape index (κ3) is 3.16. The molecular weight excluding hydrogens is 270 g/mol. The van der Waals surface area contributed by atoms with Crippen molar-refractivity contribution in [2.24, 2.45) is 0 Å². The Labute approximate surface area is 111 Å². The number of carboxylic acid groups (broad SMARTS) is 1. The van der Waals surface area contributed by atoms with Gasteiger partial charge in [0.05, 0.1) is 18.1 Å². The second-order valence-corrected chi connectivity index (χ2v) is 7.47. The van der Waals surface area contributed by atoms with E-state index >= 15 is 0 Å². The van der Waals surface area contributed by atoms with Crippen molar-refractivity contribution in [2.75, 3.05) is 11.5 Å². The van der Waals surface area contributed by atoms with E-state index in [0.717, 1.165) is 0 Å². The van der Waals surface area contributed by atoms with Crippen LogP contribution in [-0.4, -0.2) is 36.5 Å². The molecule has 1 unspecified atom stereocenters. The van der Waals surface area contributed by atoms with Crippen molar-refractivity contribution in [1.29, 1.82) is 0 Å². The van der Waals surface area contributed by atoms with Gasteiger partial charge in [-0.3, -0.25) is 0 Å². The van der Waals surface area contributed by atoms with Gasteiger partial charge in [-0.1, -0.05) is 0 Å². The van der Waals surface area contributed by atoms with Gasteiger partial charge >= 0.3 is 5.97 Å². The molecule has 2 heterocycles. The van der Waals surface area contributed by atoms with E-state index in [1.54, 1.807) is 13.0 Å². The number of carboxylic acids is 1. The molecule has 6 nitrogen and oxygen atoms in total. The molecule has 7 heteroatoms. The lowest BCUT2D eigenvalue weighted by atomic mass is 10.0. The Kier molecular flexibility index (Phi) is 3.44. The molecule has 1 aliphatic rings. The summed E-state index contributed by atoms with van der Waals surface area (Å²) in [6.45, 7) is 3.84. The summed E-state index contributed by atoms with van der Waals surface area (Å²) in [4.78, 5) is 10.9. The van der Waals surface area contributed by atoms with Crippen molar-refractivity contribution < 1.29 is 22.7 Å². The monoisotopic (exact) mass is 287 g/mol. The number of rotatable bonds is 4. The minimum atomic E-state index is -2.96. The maximum absolute atomic E-state index is 11.5. The molecule has 106 valence electrons. The van der Waals surface area contributed by atoms with Gasteiger partial charge < -0.3 is 14.8 Å². The molecule has 1 aliphatic heterocycles. The van der Waals surface area contributed by atoms with E-state index in [2.05, 4.69) is 5.32 Å². The fourth-order valence-corrected chi connectivity index (χ4v) is 4.42. The summed E-state index contributed by atoms with van der Waals surface area (Å²) in [7, 11) is -2.96. The van der Waals surface area contributed by atoms with Gasteiger partial charge in [0.1, 0.15) is 5.76 Å². The molecule has 2 N–H and O–H groups in total. The Morgan fingerprint density at radius 1 is 1.58 bits per heavy atom. The van der Waals surface area contributed by atoms with Gasteiger partial charge in [0.2, 0.25) is 5.76 Å². The second kappa shape index (κ2) is 4.64. The molecule has 0 aromatic carbocycles. The number of aryl methyl sites for hydroxylation is 1. The molecule has 0 spiro atoms. The van der Waals surface area contributed by atoms with Crippen molar-refractivity contribution in [3.8, 4) is 0 Å². The van der Waals surface area contributed by atoms with Crippen LogP contribution in [0.15, 0.2) is 10.5 Å². The van der Waals surface area contributed by atoms with Gasteiger partial charge in [-0.25, -0.2) is 13.2 Å². The number of sulfone groups is 1. The van der Waals surface area contributed by atoms with Gasteiger partial charge in [-0.05, 0) is 26.3 Å². The van der Waals surface area contributed by atoms with Gasteiger partial charge in [0.25, 0.3) is 0 Å². The lowest BCUT2D eigenvalue weighted by Gasteiger charge is -2.23. The molecule has 1 saturated heterocycles. The van der Waals surface area contributed by atoms with Crippen LogP contribution in [0.3, 0.4) is 0 Å². The number of carbonyl (C=O) groups is 1. The lowest BCUT2D eigenvalue weighted by molar-refractivity contribution is 0.0659. The topological polar surface area (TPSA) is 96.6 Å². The third-order valence-corrected chi connectivity index (χ3v) is 5.26. The molecule has 0 saturated carbocycles. The first kappa shape index (κ1) is 14.1. The standard InChI is InChI=1S/C12H17NO5S/c1-8-5-9(18-10(8)11(14)15)6-13-12(2)3-4-19(16,17)7-12/h5,13H,3-4,6-7H2,1-2H3,(H,14,15). The fraction of sp³-hybridized carbons (Fsp3) is 0.583. The maximum Gasteiger partial charge on any atom is 0.372 e. The van der Waals surface area contributed by atoms with Crippen LogP contribution in [0, 0.1) is 6.92 Å². The third-order valence-electron chi connectivity index (χ3n) is 3.36. The molecule has 1 aromatic rings. The van der Waals surface area contributed by atoms with E-state index in [1.807, 2.05) is 6.92 Å². The van der Waals surface area contributed by atoms with Crippen LogP contribution < -0.4 is 5.32 Å². The van der Waals surface area contributed by atoms with E-state index in [1.165, 1.54) is 0 Å². The zero-order valence-electron chi connectivity index (χ0n) is 10.9. The van der Waals surface area contributed by atoms with Gasteiger partial charge in [0, 0.05) is 11.1 Å². The predicted octanol–water partition coefficient (Wildman–Crippen LogP) is 0.953. The van der Waals surface area contributed by atoms with Crippen LogP contribution in [0.25, 0.3) is 0 Å². The summed E-state index contributed by atoms with van der Waals surface area (Å²) in [5.74, 6) is -0.376. The SMILES string of the molecule is Cc1cc(CNC2(C)CCS(=O)(=O)C2)oc1C(=O)O. The Balaban J connectivity index is 2.04. The first-order chi connectivity index (χ1) is 8.71. The van der Waals surface area contributed by atoms with Crippen molar-refractivity contribution in [2.45, 2.75) is 32.4 Å².